The number of rotatable bonds is 10. The van der Waals surface area contributed by atoms with Crippen LogP contribution in [0.15, 0.2) is 61.2 Å². The molecule has 146 valence electrons. The number of ether oxygens (including phenoxy) is 2. The van der Waals surface area contributed by atoms with Gasteiger partial charge in [0.05, 0.1) is 19.5 Å². The van der Waals surface area contributed by atoms with Crippen LogP contribution < -0.4 is 14.6 Å². The van der Waals surface area contributed by atoms with Crippen molar-refractivity contribution in [2.75, 3.05) is 14.2 Å². The van der Waals surface area contributed by atoms with E-state index in [0.29, 0.717) is 19.3 Å². The predicted octanol–water partition coefficient (Wildman–Crippen LogP) is 3.34. The summed E-state index contributed by atoms with van der Waals surface area (Å²) in [5, 5.41) is 4.85. The second-order valence-electron chi connectivity index (χ2n) is 6.52. The first-order valence-electron chi connectivity index (χ1n) is 8.75. The van der Waals surface area contributed by atoms with E-state index in [4.69, 9.17) is 14.6 Å². The van der Waals surface area contributed by atoms with E-state index < -0.39 is 15.3 Å². The van der Waals surface area contributed by atoms with Gasteiger partial charge < -0.3 is 9.47 Å². The van der Waals surface area contributed by atoms with Crippen LogP contribution in [0.3, 0.4) is 0 Å². The molecular formula is C21H27NO4S. The molecule has 0 aromatic heterocycles. The zero-order valence-corrected chi connectivity index (χ0v) is 16.6. The number of hydrogen-bond acceptors (Lipinski definition) is 4. The highest BCUT2D eigenvalue weighted by Crippen LogP contribution is 2.26. The largest absolute Gasteiger partial charge is 0.497 e. The lowest BCUT2D eigenvalue weighted by molar-refractivity contribution is 0.413. The molecule has 2 N–H and O–H groups in total. The molecule has 0 aliphatic rings. The first kappa shape index (κ1) is 21.0. The Bertz CT molecular complexity index is 780. The molecule has 1 unspecified atom stereocenters. The van der Waals surface area contributed by atoms with Gasteiger partial charge in [0, 0.05) is 0 Å². The lowest BCUT2D eigenvalue weighted by Gasteiger charge is -2.25. The third-order valence-electron chi connectivity index (χ3n) is 4.66. The molecule has 0 heterocycles. The molecule has 0 bridgehead atoms. The second kappa shape index (κ2) is 9.58. The van der Waals surface area contributed by atoms with Crippen LogP contribution in [0.1, 0.15) is 17.5 Å². The van der Waals surface area contributed by atoms with Crippen molar-refractivity contribution < 1.29 is 17.9 Å². The first-order valence-corrected chi connectivity index (χ1v) is 10.4. The van der Waals surface area contributed by atoms with Crippen LogP contribution in [0, 0.1) is 5.92 Å². The van der Waals surface area contributed by atoms with Crippen LogP contribution in [0.25, 0.3) is 0 Å². The Hall–Kier alpha value is -2.31. The fourth-order valence-electron chi connectivity index (χ4n) is 3.22. The molecule has 0 aliphatic heterocycles. The molecule has 5 nitrogen and oxygen atoms in total. The van der Waals surface area contributed by atoms with E-state index in [1.165, 1.54) is 0 Å². The molecule has 0 radical (unpaired) electrons. The highest BCUT2D eigenvalue weighted by Gasteiger charge is 2.30. The average Bonchev–Trinajstić information content (AvgIpc) is 2.66. The SMILES string of the molecule is C=CCC(C(Cc1ccc(OC)cc1)Cc1ccc(OC)cc1)S(N)(=O)=O. The van der Waals surface area contributed by atoms with E-state index in [2.05, 4.69) is 6.58 Å². The van der Waals surface area contributed by atoms with Crippen molar-refractivity contribution in [2.24, 2.45) is 11.1 Å². The van der Waals surface area contributed by atoms with Gasteiger partial charge in [0.15, 0.2) is 0 Å². The Balaban J connectivity index is 2.31. The maximum atomic E-state index is 12.2. The quantitative estimate of drug-likeness (QED) is 0.632. The minimum absolute atomic E-state index is 0.181. The highest BCUT2D eigenvalue weighted by molar-refractivity contribution is 7.89. The van der Waals surface area contributed by atoms with E-state index in [1.807, 2.05) is 48.5 Å². The molecular weight excluding hydrogens is 362 g/mol. The van der Waals surface area contributed by atoms with Crippen molar-refractivity contribution in [3.8, 4) is 11.5 Å². The van der Waals surface area contributed by atoms with Gasteiger partial charge in [-0.05, 0) is 60.6 Å². The Morgan fingerprint density at radius 2 is 1.33 bits per heavy atom. The van der Waals surface area contributed by atoms with Gasteiger partial charge in [-0.1, -0.05) is 30.3 Å². The number of nitrogens with two attached hydrogens (primary N) is 1. The third-order valence-corrected chi connectivity index (χ3v) is 6.08. The van der Waals surface area contributed by atoms with Gasteiger partial charge in [-0.2, -0.15) is 0 Å². The van der Waals surface area contributed by atoms with E-state index in [0.717, 1.165) is 22.6 Å². The maximum Gasteiger partial charge on any atom is 0.212 e. The zero-order valence-electron chi connectivity index (χ0n) is 15.8. The number of sulfonamides is 1. The monoisotopic (exact) mass is 389 g/mol. The molecule has 2 rings (SSSR count). The van der Waals surface area contributed by atoms with E-state index in [-0.39, 0.29) is 5.92 Å². The molecule has 27 heavy (non-hydrogen) atoms. The Morgan fingerprint density at radius 3 is 1.63 bits per heavy atom. The molecule has 0 aliphatic carbocycles. The van der Waals surface area contributed by atoms with Gasteiger partial charge >= 0.3 is 0 Å². The number of hydrogen-bond donors (Lipinski definition) is 1. The molecule has 0 fully saturated rings. The molecule has 0 amide bonds. The minimum Gasteiger partial charge on any atom is -0.497 e. The van der Waals surface area contributed by atoms with Crippen LogP contribution in [0.2, 0.25) is 0 Å². The zero-order chi connectivity index (χ0) is 19.9. The topological polar surface area (TPSA) is 78.6 Å². The van der Waals surface area contributed by atoms with E-state index in [1.54, 1.807) is 20.3 Å². The number of methoxy groups -OCH3 is 2. The summed E-state index contributed by atoms with van der Waals surface area (Å²) in [6, 6.07) is 15.3. The highest BCUT2D eigenvalue weighted by atomic mass is 32.2. The first-order chi connectivity index (χ1) is 12.9. The van der Waals surface area contributed by atoms with Gasteiger partial charge in [0.1, 0.15) is 11.5 Å². The molecule has 0 saturated heterocycles. The normalized spacial score (nSPS) is 12.6. The number of allylic oxidation sites excluding steroid dienone is 1. The Labute approximate surface area is 161 Å². The van der Waals surface area contributed by atoms with Crippen LogP contribution in [0.5, 0.6) is 11.5 Å². The number of benzene rings is 2. The molecule has 0 spiro atoms. The third kappa shape index (κ3) is 6.12. The van der Waals surface area contributed by atoms with Crippen LogP contribution in [-0.2, 0) is 22.9 Å². The van der Waals surface area contributed by atoms with Crippen LogP contribution in [-0.4, -0.2) is 27.9 Å². The summed E-state index contributed by atoms with van der Waals surface area (Å²) in [6.07, 6.45) is 3.11. The molecule has 2 aromatic rings. The number of primary sulfonamides is 1. The lowest BCUT2D eigenvalue weighted by Crippen LogP contribution is -2.37. The fraction of sp³-hybridized carbons (Fsp3) is 0.333. The maximum absolute atomic E-state index is 12.2. The van der Waals surface area contributed by atoms with Crippen molar-refractivity contribution in [1.29, 1.82) is 0 Å². The average molecular weight is 390 g/mol. The summed E-state index contributed by atoms with van der Waals surface area (Å²) in [4.78, 5) is 0. The van der Waals surface area contributed by atoms with Crippen LogP contribution in [0.4, 0.5) is 0 Å². The van der Waals surface area contributed by atoms with E-state index in [9.17, 15) is 8.42 Å². The van der Waals surface area contributed by atoms with Crippen molar-refractivity contribution >= 4 is 10.0 Å². The minimum atomic E-state index is -3.71. The molecule has 1 atom stereocenters. The van der Waals surface area contributed by atoms with Crippen LogP contribution >= 0.6 is 0 Å². The summed E-state index contributed by atoms with van der Waals surface area (Å²) < 4.78 is 34.9. The fourth-order valence-corrected chi connectivity index (χ4v) is 4.36. The standard InChI is InChI=1S/C21H27NO4S/c1-4-5-21(27(22,23)24)18(14-16-6-10-19(25-2)11-7-16)15-17-8-12-20(26-3)13-9-17/h4,6-13,18,21H,1,5,14-15H2,2-3H3,(H2,22,23,24). The summed E-state index contributed by atoms with van der Waals surface area (Å²) in [5.74, 6) is 1.35. The second-order valence-corrected chi connectivity index (χ2v) is 8.30. The molecule has 2 aromatic carbocycles. The summed E-state index contributed by atoms with van der Waals surface area (Å²) >= 11 is 0. The Kier molecular flexibility index (Phi) is 7.45. The van der Waals surface area contributed by atoms with Gasteiger partial charge in [-0.25, -0.2) is 13.6 Å². The summed E-state index contributed by atoms with van der Waals surface area (Å²) in [6.45, 7) is 3.70. The summed E-state index contributed by atoms with van der Waals surface area (Å²) in [7, 11) is -0.485. The lowest BCUT2D eigenvalue weighted by atomic mass is 9.88. The van der Waals surface area contributed by atoms with Crippen molar-refractivity contribution in [3.63, 3.8) is 0 Å². The predicted molar refractivity (Wildman–Crippen MR) is 109 cm³/mol. The van der Waals surface area contributed by atoms with Crippen molar-refractivity contribution in [2.45, 2.75) is 24.5 Å². The van der Waals surface area contributed by atoms with Gasteiger partial charge in [0.25, 0.3) is 0 Å². The van der Waals surface area contributed by atoms with E-state index >= 15 is 0 Å². The van der Waals surface area contributed by atoms with Gasteiger partial charge in [0.2, 0.25) is 10.0 Å². The van der Waals surface area contributed by atoms with Gasteiger partial charge in [-0.15, -0.1) is 6.58 Å². The van der Waals surface area contributed by atoms with Crippen molar-refractivity contribution in [1.82, 2.24) is 0 Å². The van der Waals surface area contributed by atoms with Crippen molar-refractivity contribution in [3.05, 3.63) is 72.3 Å². The molecule has 6 heteroatoms. The smallest absolute Gasteiger partial charge is 0.212 e. The summed E-state index contributed by atoms with van der Waals surface area (Å²) in [5.41, 5.74) is 2.07. The Morgan fingerprint density at radius 1 is 0.926 bits per heavy atom. The van der Waals surface area contributed by atoms with Gasteiger partial charge in [-0.3, -0.25) is 0 Å². The molecule has 0 saturated carbocycles.